The van der Waals surface area contributed by atoms with Crippen molar-refractivity contribution >= 4 is 0 Å². The van der Waals surface area contributed by atoms with Gasteiger partial charge < -0.3 is 0 Å². The molecule has 1 atom stereocenters. The van der Waals surface area contributed by atoms with Gasteiger partial charge >= 0.3 is 0 Å². The smallest absolute Gasteiger partial charge is 0.0595 e. The predicted octanol–water partition coefficient (Wildman–Crippen LogP) is 11.7. The van der Waals surface area contributed by atoms with Crippen molar-refractivity contribution in [3.63, 3.8) is 0 Å². The van der Waals surface area contributed by atoms with Gasteiger partial charge in [0.1, 0.15) is 0 Å². The molecule has 1 unspecified atom stereocenters. The third-order valence-electron chi connectivity index (χ3n) is 4.34. The highest BCUT2D eigenvalue weighted by atomic mass is 14.1. The van der Waals surface area contributed by atoms with E-state index < -0.39 is 0 Å². The van der Waals surface area contributed by atoms with Crippen LogP contribution < -0.4 is 0 Å². The molecule has 0 N–H and O–H groups in total. The van der Waals surface area contributed by atoms with Crippen LogP contribution in [0.5, 0.6) is 0 Å². The molecule has 0 aliphatic heterocycles. The zero-order valence-corrected chi connectivity index (χ0v) is 24.2. The Kier molecular flexibility index (Phi) is 46.5. The van der Waals surface area contributed by atoms with E-state index in [1.54, 1.807) is 6.08 Å². The standard InChI is InChI=1S/C17H24.C8H18.C3H6.2C2H6/c1-8-16(11-10-13(3)4)17(9-2)12-15(7)14(5)6;1-3-5-7-8-6-4-2;1-3-2;2*1-2/h2,8,12,17H,3,5,10-11H2,1,4,6-7H3;3-8H2,1-2H3;3H,1H2,2H3;2*1-2H3/b15-12+,16-8+;;;;. The van der Waals surface area contributed by atoms with Gasteiger partial charge in [-0.15, -0.1) is 19.6 Å². The summed E-state index contributed by atoms with van der Waals surface area (Å²) in [6, 6.07) is 0. The van der Waals surface area contributed by atoms with Gasteiger partial charge in [-0.3, -0.25) is 0 Å². The number of unbranched alkanes of at least 4 members (excludes halogenated alkanes) is 5. The summed E-state index contributed by atoms with van der Waals surface area (Å²) in [7, 11) is 0. The van der Waals surface area contributed by atoms with E-state index in [-0.39, 0.29) is 5.92 Å². The maximum atomic E-state index is 5.62. The molecule has 0 saturated heterocycles. The molecular formula is C32H60. The maximum Gasteiger partial charge on any atom is 0.0595 e. The molecule has 32 heavy (non-hydrogen) atoms. The molecule has 0 aliphatic carbocycles. The van der Waals surface area contributed by atoms with Crippen molar-refractivity contribution < 1.29 is 0 Å². The second kappa shape index (κ2) is 36.6. The number of rotatable bonds is 11. The van der Waals surface area contributed by atoms with E-state index in [0.717, 1.165) is 18.4 Å². The summed E-state index contributed by atoms with van der Waals surface area (Å²) in [6.45, 7) is 33.8. The number of hydrogen-bond donors (Lipinski definition) is 0. The second-order valence-electron chi connectivity index (χ2n) is 7.42. The molecule has 0 amide bonds. The normalized spacial score (nSPS) is 10.7. The lowest BCUT2D eigenvalue weighted by Crippen LogP contribution is -2.00. The molecule has 0 bridgehead atoms. The Hall–Kier alpha value is -1.74. The van der Waals surface area contributed by atoms with Gasteiger partial charge in [-0.25, -0.2) is 0 Å². The fourth-order valence-corrected chi connectivity index (χ4v) is 2.35. The fourth-order valence-electron chi connectivity index (χ4n) is 2.35. The first-order chi connectivity index (χ1) is 15.2. The highest BCUT2D eigenvalue weighted by Crippen LogP contribution is 2.22. The molecular weight excluding hydrogens is 384 g/mol. The molecule has 0 aromatic rings. The third-order valence-corrected chi connectivity index (χ3v) is 4.34. The summed E-state index contributed by atoms with van der Waals surface area (Å²) in [4.78, 5) is 0. The lowest BCUT2D eigenvalue weighted by atomic mass is 9.91. The van der Waals surface area contributed by atoms with Crippen LogP contribution in [0.15, 0.2) is 60.3 Å². The molecule has 0 aliphatic rings. The monoisotopic (exact) mass is 444 g/mol. The zero-order chi connectivity index (χ0) is 26.4. The zero-order valence-electron chi connectivity index (χ0n) is 24.2. The molecule has 0 spiro atoms. The van der Waals surface area contributed by atoms with Crippen LogP contribution in [0, 0.1) is 18.3 Å². The van der Waals surface area contributed by atoms with Gasteiger partial charge in [-0.05, 0) is 47.5 Å². The van der Waals surface area contributed by atoms with Gasteiger partial charge in [-0.2, -0.15) is 0 Å². The number of hydrogen-bond acceptors (Lipinski definition) is 0. The minimum absolute atomic E-state index is 0.0797. The Morgan fingerprint density at radius 3 is 1.50 bits per heavy atom. The first-order valence-corrected chi connectivity index (χ1v) is 12.9. The summed E-state index contributed by atoms with van der Waals surface area (Å²) >= 11 is 0. The molecule has 0 nitrogen and oxygen atoms in total. The minimum Gasteiger partial charge on any atom is -0.119 e. The lowest BCUT2D eigenvalue weighted by Gasteiger charge is -2.13. The summed E-state index contributed by atoms with van der Waals surface area (Å²) < 4.78 is 0. The van der Waals surface area contributed by atoms with Crippen molar-refractivity contribution in [2.75, 3.05) is 0 Å². The molecule has 0 heteroatoms. The quantitative estimate of drug-likeness (QED) is 0.129. The van der Waals surface area contributed by atoms with Gasteiger partial charge in [-0.1, -0.05) is 133 Å². The average molecular weight is 445 g/mol. The van der Waals surface area contributed by atoms with Gasteiger partial charge in [0.25, 0.3) is 0 Å². The fraction of sp³-hybridized carbons (Fsp3) is 0.625. The van der Waals surface area contributed by atoms with E-state index in [1.807, 2.05) is 55.4 Å². The van der Waals surface area contributed by atoms with Crippen molar-refractivity contribution in [3.05, 3.63) is 60.3 Å². The largest absolute Gasteiger partial charge is 0.119 e. The Labute approximate surface area is 206 Å². The van der Waals surface area contributed by atoms with Crippen molar-refractivity contribution in [3.8, 4) is 12.3 Å². The summed E-state index contributed by atoms with van der Waals surface area (Å²) in [5.74, 6) is 2.93. The van der Waals surface area contributed by atoms with Crippen LogP contribution in [0.4, 0.5) is 0 Å². The number of allylic oxidation sites excluding steroid dienone is 7. The highest BCUT2D eigenvalue weighted by Gasteiger charge is 2.08. The average Bonchev–Trinajstić information content (AvgIpc) is 2.79. The second-order valence-corrected chi connectivity index (χ2v) is 7.42. The van der Waals surface area contributed by atoms with E-state index in [0.29, 0.717) is 0 Å². The van der Waals surface area contributed by atoms with Gasteiger partial charge in [0.05, 0.1) is 5.92 Å². The van der Waals surface area contributed by atoms with E-state index >= 15 is 0 Å². The minimum atomic E-state index is 0.0797. The SMILES string of the molecule is C#CC(/C=C(\C)C(=C)C)/C(=C/C)CCC(=C)C.C=CC.CC.CC.CCCCCCCC. The van der Waals surface area contributed by atoms with Crippen LogP contribution in [0.3, 0.4) is 0 Å². The van der Waals surface area contributed by atoms with Crippen LogP contribution in [0.2, 0.25) is 0 Å². The van der Waals surface area contributed by atoms with Crippen molar-refractivity contribution in [2.45, 2.75) is 128 Å². The molecule has 0 aromatic carbocycles. The Morgan fingerprint density at radius 2 is 1.25 bits per heavy atom. The van der Waals surface area contributed by atoms with E-state index in [1.165, 1.54) is 55.2 Å². The molecule has 0 aromatic heterocycles. The van der Waals surface area contributed by atoms with Crippen LogP contribution in [-0.4, -0.2) is 0 Å². The van der Waals surface area contributed by atoms with Crippen LogP contribution in [0.1, 0.15) is 128 Å². The lowest BCUT2D eigenvalue weighted by molar-refractivity contribution is 0.624. The Balaban J connectivity index is -0.000000134. The predicted molar refractivity (Wildman–Crippen MR) is 156 cm³/mol. The van der Waals surface area contributed by atoms with Crippen molar-refractivity contribution in [1.82, 2.24) is 0 Å². The summed E-state index contributed by atoms with van der Waals surface area (Å²) in [6.07, 6.45) is 22.1. The van der Waals surface area contributed by atoms with Gasteiger partial charge in [0.15, 0.2) is 0 Å². The van der Waals surface area contributed by atoms with Gasteiger partial charge in [0.2, 0.25) is 0 Å². The van der Waals surface area contributed by atoms with Crippen molar-refractivity contribution in [1.29, 1.82) is 0 Å². The van der Waals surface area contributed by atoms with Crippen LogP contribution in [-0.2, 0) is 0 Å². The van der Waals surface area contributed by atoms with E-state index in [2.05, 4.69) is 58.6 Å². The number of terminal acetylenes is 1. The van der Waals surface area contributed by atoms with E-state index in [9.17, 15) is 0 Å². The molecule has 0 fully saturated rings. The first-order valence-electron chi connectivity index (χ1n) is 12.9. The topological polar surface area (TPSA) is 0 Å². The highest BCUT2D eigenvalue weighted by molar-refractivity contribution is 5.32. The molecule has 0 saturated carbocycles. The summed E-state index contributed by atoms with van der Waals surface area (Å²) in [5, 5.41) is 0. The van der Waals surface area contributed by atoms with Crippen LogP contribution >= 0.6 is 0 Å². The molecule has 188 valence electrons. The van der Waals surface area contributed by atoms with E-state index in [4.69, 9.17) is 6.42 Å². The molecule has 0 radical (unpaired) electrons. The Bertz CT molecular complexity index is 499. The molecule has 0 heterocycles. The first kappa shape index (κ1) is 40.6. The third kappa shape index (κ3) is 35.7. The van der Waals surface area contributed by atoms with Crippen LogP contribution in [0.25, 0.3) is 0 Å². The Morgan fingerprint density at radius 1 is 0.844 bits per heavy atom. The summed E-state index contributed by atoms with van der Waals surface area (Å²) in [5.41, 5.74) is 4.72. The maximum absolute atomic E-state index is 5.62. The molecule has 0 rings (SSSR count). The van der Waals surface area contributed by atoms with Gasteiger partial charge in [0, 0.05) is 0 Å². The van der Waals surface area contributed by atoms with Crippen molar-refractivity contribution in [2.24, 2.45) is 5.92 Å².